The molecule has 0 atom stereocenters. The van der Waals surface area contributed by atoms with Gasteiger partial charge >= 0.3 is 5.97 Å². The van der Waals surface area contributed by atoms with Gasteiger partial charge < -0.3 is 16.7 Å². The van der Waals surface area contributed by atoms with Crippen LogP contribution in [-0.2, 0) is 16.8 Å². The van der Waals surface area contributed by atoms with Gasteiger partial charge in [-0.25, -0.2) is 14.4 Å². The molecule has 0 saturated heterocycles. The third kappa shape index (κ3) is 5.02. The lowest BCUT2D eigenvalue weighted by Gasteiger charge is -2.40. The fourth-order valence-electron chi connectivity index (χ4n) is 4.22. The Kier molecular flexibility index (Phi) is 6.96. The fourth-order valence-corrected chi connectivity index (χ4v) is 4.22. The molecule has 0 unspecified atom stereocenters. The number of rotatable bonds is 8. The number of halogens is 1. The largest absolute Gasteiger partial charge is 0.481 e. The summed E-state index contributed by atoms with van der Waals surface area (Å²) in [5, 5.41) is 22.1. The van der Waals surface area contributed by atoms with Crippen LogP contribution in [0, 0.1) is 17.1 Å². The van der Waals surface area contributed by atoms with Crippen LogP contribution < -0.4 is 11.6 Å². The first-order valence-corrected chi connectivity index (χ1v) is 11.1. The third-order valence-corrected chi connectivity index (χ3v) is 6.16. The molecular formula is C25H23FN8O2. The van der Waals surface area contributed by atoms with Gasteiger partial charge in [-0.1, -0.05) is 18.6 Å². The number of aliphatic carboxylic acids is 1. The van der Waals surface area contributed by atoms with Crippen molar-refractivity contribution < 1.29 is 14.3 Å². The number of anilines is 1. The van der Waals surface area contributed by atoms with Gasteiger partial charge in [0.2, 0.25) is 5.95 Å². The molecule has 1 aromatic carbocycles. The van der Waals surface area contributed by atoms with Gasteiger partial charge in [0.25, 0.3) is 0 Å². The highest BCUT2D eigenvalue weighted by Gasteiger charge is 2.41. The van der Waals surface area contributed by atoms with Crippen LogP contribution in [0.15, 0.2) is 52.6 Å². The van der Waals surface area contributed by atoms with Crippen LogP contribution in [0.1, 0.15) is 48.3 Å². The molecule has 182 valence electrons. The predicted molar refractivity (Wildman–Crippen MR) is 131 cm³/mol. The second kappa shape index (κ2) is 10.3. The Morgan fingerprint density at radius 3 is 2.67 bits per heavy atom. The summed E-state index contributed by atoms with van der Waals surface area (Å²) in [6.07, 6.45) is 4.00. The number of aromatic nitrogens is 3. The third-order valence-electron chi connectivity index (χ3n) is 6.16. The highest BCUT2D eigenvalue weighted by molar-refractivity contribution is 6.37. The summed E-state index contributed by atoms with van der Waals surface area (Å²) in [4.78, 5) is 28.6. The molecule has 5 N–H and O–H groups in total. The first-order chi connectivity index (χ1) is 17.3. The standard InChI is InChI=1S/C25H23FN8O2/c26-23-15(12-27)4-1-6-17(23)18-10-19(33-24(28)32-18)20(34-29)14-30-13-16-5-2-7-21(31-16)25(8-3-9-25)11-22(35)36/h1-2,4-7,10,14H,3,8-9,11,13,29H2,(H,35,36)(H2,28,32,33)/b30-14?,34-20+. The minimum absolute atomic E-state index is 0.0477. The number of carboxylic acids is 1. The molecule has 2 heterocycles. The van der Waals surface area contributed by atoms with E-state index in [1.807, 2.05) is 12.1 Å². The highest BCUT2D eigenvalue weighted by atomic mass is 19.1. The molecule has 1 aliphatic rings. The summed E-state index contributed by atoms with van der Waals surface area (Å²) < 4.78 is 14.7. The Balaban J connectivity index is 1.56. The summed E-state index contributed by atoms with van der Waals surface area (Å²) in [5.74, 6) is 3.87. The molecule has 1 aliphatic carbocycles. The number of nitrogen functional groups attached to an aromatic ring is 1. The molecule has 1 saturated carbocycles. The molecule has 0 bridgehead atoms. The Morgan fingerprint density at radius 2 is 2.00 bits per heavy atom. The summed E-state index contributed by atoms with van der Waals surface area (Å²) in [7, 11) is 0. The van der Waals surface area contributed by atoms with Crippen LogP contribution in [0.5, 0.6) is 0 Å². The number of nitrogens with two attached hydrogens (primary N) is 2. The van der Waals surface area contributed by atoms with Crippen molar-refractivity contribution in [3.63, 3.8) is 0 Å². The number of aliphatic imine (C=N–C) groups is 1. The minimum Gasteiger partial charge on any atom is -0.481 e. The zero-order valence-corrected chi connectivity index (χ0v) is 19.2. The zero-order valence-electron chi connectivity index (χ0n) is 19.2. The number of carbonyl (C=O) groups is 1. The van der Waals surface area contributed by atoms with E-state index in [9.17, 15) is 14.3 Å². The Hall–Kier alpha value is -4.72. The van der Waals surface area contributed by atoms with Crippen LogP contribution in [0.3, 0.4) is 0 Å². The van der Waals surface area contributed by atoms with Crippen LogP contribution in [0.2, 0.25) is 0 Å². The van der Waals surface area contributed by atoms with Gasteiger partial charge in [0.15, 0.2) is 0 Å². The van der Waals surface area contributed by atoms with Crippen molar-refractivity contribution in [2.75, 3.05) is 5.73 Å². The summed E-state index contributed by atoms with van der Waals surface area (Å²) >= 11 is 0. The van der Waals surface area contributed by atoms with E-state index in [-0.39, 0.29) is 47.1 Å². The van der Waals surface area contributed by atoms with Gasteiger partial charge in [-0.3, -0.25) is 14.8 Å². The molecule has 3 aromatic rings. The average Bonchev–Trinajstić information content (AvgIpc) is 2.84. The predicted octanol–water partition coefficient (Wildman–Crippen LogP) is 2.96. The lowest BCUT2D eigenvalue weighted by molar-refractivity contribution is -0.139. The van der Waals surface area contributed by atoms with Crippen molar-refractivity contribution >= 4 is 23.8 Å². The molecule has 0 amide bonds. The number of hydrogen-bond donors (Lipinski definition) is 3. The Morgan fingerprint density at radius 1 is 1.22 bits per heavy atom. The molecule has 0 aliphatic heterocycles. The van der Waals surface area contributed by atoms with Gasteiger partial charge in [-0.15, -0.1) is 0 Å². The maximum Gasteiger partial charge on any atom is 0.304 e. The van der Waals surface area contributed by atoms with Crippen LogP contribution in [0.25, 0.3) is 11.3 Å². The summed E-state index contributed by atoms with van der Waals surface area (Å²) in [6, 6.07) is 13.1. The van der Waals surface area contributed by atoms with Crippen LogP contribution >= 0.6 is 0 Å². The molecule has 11 heteroatoms. The second-order valence-corrected chi connectivity index (χ2v) is 8.48. The second-order valence-electron chi connectivity index (χ2n) is 8.48. The van der Waals surface area contributed by atoms with Gasteiger partial charge in [0.05, 0.1) is 41.8 Å². The monoisotopic (exact) mass is 486 g/mol. The summed E-state index contributed by atoms with van der Waals surface area (Å²) in [5.41, 5.74) is 7.36. The van der Waals surface area contributed by atoms with Crippen molar-refractivity contribution in [1.29, 1.82) is 5.26 Å². The van der Waals surface area contributed by atoms with Gasteiger partial charge in [-0.2, -0.15) is 10.4 Å². The quantitative estimate of drug-likeness (QED) is 0.247. The van der Waals surface area contributed by atoms with E-state index in [1.54, 1.807) is 18.2 Å². The molecule has 0 radical (unpaired) electrons. The lowest BCUT2D eigenvalue weighted by Crippen LogP contribution is -2.37. The molecule has 10 nitrogen and oxygen atoms in total. The van der Waals surface area contributed by atoms with Crippen molar-refractivity contribution in [2.24, 2.45) is 15.9 Å². The number of nitrogens with zero attached hydrogens (tertiary/aromatic N) is 6. The minimum atomic E-state index is -0.841. The maximum atomic E-state index is 14.7. The van der Waals surface area contributed by atoms with E-state index in [4.69, 9.17) is 16.8 Å². The topological polar surface area (TPSA) is 177 Å². The van der Waals surface area contributed by atoms with Crippen molar-refractivity contribution in [2.45, 2.75) is 37.6 Å². The Bertz CT molecular complexity index is 1410. The maximum absolute atomic E-state index is 14.7. The summed E-state index contributed by atoms with van der Waals surface area (Å²) in [6.45, 7) is 0.197. The number of carboxylic acid groups (broad SMARTS) is 1. The molecular weight excluding hydrogens is 463 g/mol. The SMILES string of the molecule is N#Cc1cccc(-c2cc(/C(C=NCc3cccc(C4(CC(=O)O)CCC4)n3)=N/N)nc(N)n2)c1F. The Labute approximate surface area is 206 Å². The number of benzene rings is 1. The molecule has 4 rings (SSSR count). The van der Waals surface area contributed by atoms with E-state index in [1.165, 1.54) is 24.4 Å². The van der Waals surface area contributed by atoms with Crippen LogP contribution in [-0.4, -0.2) is 38.0 Å². The fraction of sp³-hybridized carbons (Fsp3) is 0.240. The number of nitriles is 1. The van der Waals surface area contributed by atoms with Gasteiger partial charge in [-0.05, 0) is 43.2 Å². The van der Waals surface area contributed by atoms with Gasteiger partial charge in [0, 0.05) is 16.7 Å². The molecule has 1 fully saturated rings. The van der Waals surface area contributed by atoms with E-state index >= 15 is 0 Å². The first kappa shape index (κ1) is 24.4. The van der Waals surface area contributed by atoms with E-state index in [0.29, 0.717) is 5.69 Å². The average molecular weight is 487 g/mol. The molecule has 2 aromatic heterocycles. The number of hydrogen-bond acceptors (Lipinski definition) is 9. The van der Waals surface area contributed by atoms with Gasteiger partial charge in [0.1, 0.15) is 17.6 Å². The number of pyridine rings is 1. The zero-order chi connectivity index (χ0) is 25.7. The van der Waals surface area contributed by atoms with E-state index < -0.39 is 17.2 Å². The highest BCUT2D eigenvalue weighted by Crippen LogP contribution is 2.45. The lowest BCUT2D eigenvalue weighted by atomic mass is 9.64. The molecule has 36 heavy (non-hydrogen) atoms. The van der Waals surface area contributed by atoms with Crippen molar-refractivity contribution in [1.82, 2.24) is 15.0 Å². The number of hydrazone groups is 1. The van der Waals surface area contributed by atoms with Crippen molar-refractivity contribution in [3.05, 3.63) is 70.9 Å². The first-order valence-electron chi connectivity index (χ1n) is 11.1. The molecule has 0 spiro atoms. The van der Waals surface area contributed by atoms with E-state index in [2.05, 4.69) is 25.0 Å². The van der Waals surface area contributed by atoms with Crippen LogP contribution in [0.4, 0.5) is 10.3 Å². The van der Waals surface area contributed by atoms with Crippen molar-refractivity contribution in [3.8, 4) is 17.3 Å². The van der Waals surface area contributed by atoms with E-state index in [0.717, 1.165) is 25.0 Å². The normalized spacial score (nSPS) is 14.8. The smallest absolute Gasteiger partial charge is 0.304 e.